The van der Waals surface area contributed by atoms with Gasteiger partial charge < -0.3 is 15.0 Å². The highest BCUT2D eigenvalue weighted by atomic mass is 16.8. The van der Waals surface area contributed by atoms with Gasteiger partial charge in [-0.1, -0.05) is 0 Å². The van der Waals surface area contributed by atoms with Crippen LogP contribution < -0.4 is 10.8 Å². The molecule has 22 heavy (non-hydrogen) atoms. The number of carbonyl (C=O) groups is 2. The Morgan fingerprint density at radius 3 is 2.73 bits per heavy atom. The van der Waals surface area contributed by atoms with Gasteiger partial charge in [0.2, 0.25) is 5.91 Å². The van der Waals surface area contributed by atoms with Gasteiger partial charge in [-0.15, -0.1) is 0 Å². The van der Waals surface area contributed by atoms with Crippen LogP contribution in [0.5, 0.6) is 0 Å². The Hall–Kier alpha value is -1.34. The predicted molar refractivity (Wildman–Crippen MR) is 80.8 cm³/mol. The zero-order valence-electron chi connectivity index (χ0n) is 13.5. The third kappa shape index (κ3) is 5.14. The zero-order valence-corrected chi connectivity index (χ0v) is 13.5. The van der Waals surface area contributed by atoms with Crippen molar-refractivity contribution in [2.75, 3.05) is 19.7 Å². The quantitative estimate of drug-likeness (QED) is 0.769. The average molecular weight is 313 g/mol. The van der Waals surface area contributed by atoms with Crippen molar-refractivity contribution in [1.29, 1.82) is 0 Å². The molecule has 2 heterocycles. The molecule has 0 unspecified atom stereocenters. The van der Waals surface area contributed by atoms with Gasteiger partial charge in [0.25, 0.3) is 0 Å². The van der Waals surface area contributed by atoms with E-state index in [1.165, 1.54) is 0 Å². The molecule has 2 atom stereocenters. The molecule has 0 aliphatic carbocycles. The molecule has 0 aromatic carbocycles. The van der Waals surface area contributed by atoms with Gasteiger partial charge in [-0.25, -0.2) is 15.1 Å². The highest BCUT2D eigenvalue weighted by molar-refractivity contribution is 5.80. The minimum Gasteiger partial charge on any atom is -0.350 e. The summed E-state index contributed by atoms with van der Waals surface area (Å²) in [6, 6.07) is -0.0162. The summed E-state index contributed by atoms with van der Waals surface area (Å²) < 4.78 is 5.41. The maximum atomic E-state index is 12.2. The molecule has 0 radical (unpaired) electrons. The van der Waals surface area contributed by atoms with E-state index in [1.807, 2.05) is 13.8 Å². The topological polar surface area (TPSA) is 79.9 Å². The van der Waals surface area contributed by atoms with Gasteiger partial charge in [0, 0.05) is 32.2 Å². The summed E-state index contributed by atoms with van der Waals surface area (Å²) >= 11 is 0. The van der Waals surface area contributed by atoms with Crippen LogP contribution in [0.25, 0.3) is 0 Å². The van der Waals surface area contributed by atoms with E-state index in [1.54, 1.807) is 4.90 Å². The molecule has 7 heteroatoms. The van der Waals surface area contributed by atoms with Gasteiger partial charge >= 0.3 is 6.03 Å². The summed E-state index contributed by atoms with van der Waals surface area (Å²) in [6.45, 7) is 5.63. The van der Waals surface area contributed by atoms with Gasteiger partial charge in [0.05, 0.1) is 5.92 Å². The Kier molecular flexibility index (Phi) is 6.45. The molecule has 2 N–H and O–H groups in total. The number of piperidine rings is 1. The molecule has 2 fully saturated rings. The van der Waals surface area contributed by atoms with Crippen molar-refractivity contribution in [3.8, 4) is 0 Å². The first kappa shape index (κ1) is 17.0. The predicted octanol–water partition coefficient (Wildman–Crippen LogP) is 1.39. The van der Waals surface area contributed by atoms with E-state index in [9.17, 15) is 9.59 Å². The van der Waals surface area contributed by atoms with Crippen LogP contribution in [0.15, 0.2) is 0 Å². The van der Waals surface area contributed by atoms with Crippen LogP contribution >= 0.6 is 0 Å². The monoisotopic (exact) mass is 313 g/mol. The Bertz CT molecular complexity index is 383. The van der Waals surface area contributed by atoms with E-state index in [2.05, 4.69) is 10.8 Å². The third-order valence-corrected chi connectivity index (χ3v) is 3.92. The number of amides is 3. The van der Waals surface area contributed by atoms with Crippen molar-refractivity contribution in [3.63, 3.8) is 0 Å². The fraction of sp³-hybridized carbons (Fsp3) is 0.867. The minimum atomic E-state index is -0.346. The first-order valence-electron chi connectivity index (χ1n) is 8.19. The summed E-state index contributed by atoms with van der Waals surface area (Å²) in [5.41, 5.74) is 2.50. The summed E-state index contributed by atoms with van der Waals surface area (Å²) in [7, 11) is 0. The molecule has 0 aromatic heterocycles. The van der Waals surface area contributed by atoms with E-state index < -0.39 is 0 Å². The van der Waals surface area contributed by atoms with Crippen LogP contribution in [0.4, 0.5) is 4.79 Å². The molecule has 126 valence electrons. The molecule has 2 saturated heterocycles. The lowest BCUT2D eigenvalue weighted by molar-refractivity contribution is -0.202. The largest absolute Gasteiger partial charge is 0.350 e. The van der Waals surface area contributed by atoms with Crippen molar-refractivity contribution in [2.45, 2.75) is 58.3 Å². The number of hydrogen-bond acceptors (Lipinski definition) is 4. The smallest absolute Gasteiger partial charge is 0.317 e. The van der Waals surface area contributed by atoms with E-state index in [-0.39, 0.29) is 30.2 Å². The summed E-state index contributed by atoms with van der Waals surface area (Å²) in [4.78, 5) is 31.2. The van der Waals surface area contributed by atoms with E-state index in [0.717, 1.165) is 32.1 Å². The van der Waals surface area contributed by atoms with Crippen molar-refractivity contribution < 1.29 is 19.2 Å². The molecule has 0 saturated carbocycles. The van der Waals surface area contributed by atoms with Crippen molar-refractivity contribution in [3.05, 3.63) is 0 Å². The number of urea groups is 1. The molecule has 0 spiro atoms. The summed E-state index contributed by atoms with van der Waals surface area (Å²) in [5, 5.41) is 2.86. The van der Waals surface area contributed by atoms with E-state index >= 15 is 0 Å². The highest BCUT2D eigenvalue weighted by Gasteiger charge is 2.29. The van der Waals surface area contributed by atoms with Crippen molar-refractivity contribution in [2.24, 2.45) is 5.92 Å². The number of hydrogen-bond donors (Lipinski definition) is 2. The van der Waals surface area contributed by atoms with Gasteiger partial charge in [0.15, 0.2) is 6.29 Å². The van der Waals surface area contributed by atoms with Crippen LogP contribution in [-0.4, -0.2) is 48.9 Å². The molecule has 0 bridgehead atoms. The second-order valence-corrected chi connectivity index (χ2v) is 6.27. The average Bonchev–Trinajstić information content (AvgIpc) is 2.53. The second-order valence-electron chi connectivity index (χ2n) is 6.27. The Balaban J connectivity index is 1.75. The second kappa shape index (κ2) is 8.33. The number of nitrogens with zero attached hydrogens (tertiary/aromatic N) is 1. The minimum absolute atomic E-state index is 0.0912. The van der Waals surface area contributed by atoms with Gasteiger partial charge in [0.1, 0.15) is 0 Å². The van der Waals surface area contributed by atoms with Crippen LogP contribution in [0.2, 0.25) is 0 Å². The van der Waals surface area contributed by atoms with Crippen LogP contribution in [0.3, 0.4) is 0 Å². The third-order valence-electron chi connectivity index (χ3n) is 3.92. The van der Waals surface area contributed by atoms with Gasteiger partial charge in [-0.3, -0.25) is 4.79 Å². The highest BCUT2D eigenvalue weighted by Crippen LogP contribution is 2.18. The number of rotatable bonds is 4. The lowest BCUT2D eigenvalue weighted by Gasteiger charge is -2.32. The molecule has 3 amide bonds. The Morgan fingerprint density at radius 1 is 1.23 bits per heavy atom. The van der Waals surface area contributed by atoms with Crippen molar-refractivity contribution >= 4 is 11.9 Å². The maximum Gasteiger partial charge on any atom is 0.317 e. The SMILES string of the molecule is CC(C)NC(=O)N1CCC[C@H](C(=O)NO[C@@H]2CCCCO2)C1. The maximum absolute atomic E-state index is 12.2. The first-order chi connectivity index (χ1) is 10.6. The fourth-order valence-electron chi connectivity index (χ4n) is 2.73. The van der Waals surface area contributed by atoms with Crippen LogP contribution in [0, 0.1) is 5.92 Å². The normalized spacial score (nSPS) is 25.9. The molecule has 2 aliphatic heterocycles. The first-order valence-corrected chi connectivity index (χ1v) is 8.19. The van der Waals surface area contributed by atoms with Gasteiger partial charge in [-0.2, -0.15) is 0 Å². The molecule has 7 nitrogen and oxygen atoms in total. The number of nitrogens with one attached hydrogen (secondary N) is 2. The number of carbonyl (C=O) groups excluding carboxylic acids is 2. The molecule has 0 aromatic rings. The van der Waals surface area contributed by atoms with Crippen molar-refractivity contribution in [1.82, 2.24) is 15.7 Å². The number of ether oxygens (including phenoxy) is 1. The number of likely N-dealkylation sites (tertiary alicyclic amines) is 1. The standard InChI is InChI=1S/C15H27N3O4/c1-11(2)16-15(20)18-8-5-6-12(10-18)14(19)17-22-13-7-3-4-9-21-13/h11-13H,3-10H2,1-2H3,(H,16,20)(H,17,19)/t12-,13+/m0/s1. The molecular weight excluding hydrogens is 286 g/mol. The fourth-order valence-corrected chi connectivity index (χ4v) is 2.73. The van der Waals surface area contributed by atoms with E-state index in [0.29, 0.717) is 19.7 Å². The van der Waals surface area contributed by atoms with E-state index in [4.69, 9.17) is 9.57 Å². The Labute approximate surface area is 131 Å². The summed E-state index contributed by atoms with van der Waals surface area (Å²) in [6.07, 6.45) is 4.13. The van der Waals surface area contributed by atoms with Gasteiger partial charge in [-0.05, 0) is 39.5 Å². The number of hydroxylamine groups is 1. The lowest BCUT2D eigenvalue weighted by Crippen LogP contribution is -2.50. The Morgan fingerprint density at radius 2 is 2.05 bits per heavy atom. The zero-order chi connectivity index (χ0) is 15.9. The van der Waals surface area contributed by atoms with Crippen LogP contribution in [0.1, 0.15) is 46.0 Å². The van der Waals surface area contributed by atoms with Crippen LogP contribution in [-0.2, 0) is 14.4 Å². The summed E-state index contributed by atoms with van der Waals surface area (Å²) in [5.74, 6) is -0.397. The lowest BCUT2D eigenvalue weighted by atomic mass is 9.98. The molecule has 2 aliphatic rings. The molecular formula is C15H27N3O4. The molecule has 2 rings (SSSR count).